The van der Waals surface area contributed by atoms with Crippen LogP contribution in [0.3, 0.4) is 0 Å². The quantitative estimate of drug-likeness (QED) is 0.642. The summed E-state index contributed by atoms with van der Waals surface area (Å²) in [4.78, 5) is 19.5. The normalized spacial score (nSPS) is 18.7. The van der Waals surface area contributed by atoms with Gasteiger partial charge in [0.15, 0.2) is 0 Å². The predicted molar refractivity (Wildman–Crippen MR) is 110 cm³/mol. The highest BCUT2D eigenvalue weighted by Crippen LogP contribution is 2.42. The second-order valence-electron chi connectivity index (χ2n) is 7.46. The molecule has 2 heterocycles. The van der Waals surface area contributed by atoms with Crippen molar-refractivity contribution in [2.24, 2.45) is 0 Å². The summed E-state index contributed by atoms with van der Waals surface area (Å²) in [6.45, 7) is 4.19. The van der Waals surface area contributed by atoms with E-state index in [4.69, 9.17) is 0 Å². The van der Waals surface area contributed by atoms with E-state index in [2.05, 4.69) is 60.3 Å². The number of hydrogen-bond donors (Lipinski definition) is 0. The van der Waals surface area contributed by atoms with Crippen LogP contribution >= 0.6 is 0 Å². The number of carbonyl (C=O) groups excluding carboxylic acids is 1. The second kappa shape index (κ2) is 7.97. The molecule has 1 aliphatic heterocycles. The van der Waals surface area contributed by atoms with E-state index in [1.54, 1.807) is 6.33 Å². The molecular formula is C23H26N4O. The van der Waals surface area contributed by atoms with Crippen molar-refractivity contribution in [3.63, 3.8) is 0 Å². The fraction of sp³-hybridized carbons (Fsp3) is 0.348. The minimum atomic E-state index is -0.0492. The van der Waals surface area contributed by atoms with E-state index >= 15 is 0 Å². The minimum absolute atomic E-state index is 0.0492. The first-order valence-electron chi connectivity index (χ1n) is 10.0. The van der Waals surface area contributed by atoms with Crippen LogP contribution in [0, 0.1) is 6.92 Å². The molecule has 0 aliphatic carbocycles. The Kier molecular flexibility index (Phi) is 5.24. The van der Waals surface area contributed by atoms with Gasteiger partial charge in [-0.3, -0.25) is 9.69 Å². The number of hydrogen-bond acceptors (Lipinski definition) is 3. The predicted octanol–water partition coefficient (Wildman–Crippen LogP) is 4.84. The van der Waals surface area contributed by atoms with Crippen molar-refractivity contribution in [3.05, 3.63) is 77.6 Å². The summed E-state index contributed by atoms with van der Waals surface area (Å²) in [6, 6.07) is 18.9. The molecule has 0 saturated carbocycles. The number of rotatable bonds is 5. The van der Waals surface area contributed by atoms with E-state index in [9.17, 15) is 4.79 Å². The first-order chi connectivity index (χ1) is 13.7. The van der Waals surface area contributed by atoms with Crippen LogP contribution in [-0.2, 0) is 4.79 Å². The van der Waals surface area contributed by atoms with Gasteiger partial charge in [0.25, 0.3) is 0 Å². The van der Waals surface area contributed by atoms with E-state index in [0.717, 1.165) is 24.8 Å². The number of unbranched alkanes of at least 4 members (excludes halogenated alkanes) is 1. The van der Waals surface area contributed by atoms with Gasteiger partial charge in [-0.15, -0.1) is 0 Å². The molecule has 3 aromatic rings. The number of nitrogens with zero attached hydrogens (tertiary/aromatic N) is 4. The van der Waals surface area contributed by atoms with Crippen LogP contribution in [0.25, 0.3) is 0 Å². The molecule has 5 nitrogen and oxygen atoms in total. The van der Waals surface area contributed by atoms with E-state index in [1.807, 2.05) is 27.8 Å². The van der Waals surface area contributed by atoms with Crippen LogP contribution < -0.4 is 4.90 Å². The Hall–Kier alpha value is -2.95. The Morgan fingerprint density at radius 1 is 1.04 bits per heavy atom. The Morgan fingerprint density at radius 2 is 1.75 bits per heavy atom. The van der Waals surface area contributed by atoms with Gasteiger partial charge in [0.1, 0.15) is 6.33 Å². The number of anilines is 1. The van der Waals surface area contributed by atoms with Gasteiger partial charge in [0.2, 0.25) is 11.9 Å². The number of amides is 1. The third-order valence-corrected chi connectivity index (χ3v) is 5.48. The molecule has 1 aromatic heterocycles. The Bertz CT molecular complexity index is 933. The van der Waals surface area contributed by atoms with Crippen molar-refractivity contribution in [1.82, 2.24) is 14.8 Å². The lowest BCUT2D eigenvalue weighted by molar-refractivity contribution is -0.119. The molecule has 0 bridgehead atoms. The highest BCUT2D eigenvalue weighted by atomic mass is 16.2. The molecule has 0 spiro atoms. The number of fused-ring (bicyclic) bond motifs is 1. The van der Waals surface area contributed by atoms with Crippen molar-refractivity contribution in [2.45, 2.75) is 51.6 Å². The highest BCUT2D eigenvalue weighted by molar-refractivity contribution is 5.92. The van der Waals surface area contributed by atoms with Crippen LogP contribution in [0.5, 0.6) is 0 Å². The van der Waals surface area contributed by atoms with Crippen LogP contribution in [0.2, 0.25) is 0 Å². The third kappa shape index (κ3) is 3.44. The maximum absolute atomic E-state index is 13.2. The van der Waals surface area contributed by atoms with Gasteiger partial charge in [-0.05, 0) is 30.9 Å². The molecule has 2 unspecified atom stereocenters. The first kappa shape index (κ1) is 18.4. The Labute approximate surface area is 166 Å². The summed E-state index contributed by atoms with van der Waals surface area (Å²) in [5, 5.41) is 4.48. The van der Waals surface area contributed by atoms with Crippen molar-refractivity contribution < 1.29 is 4.79 Å². The molecule has 0 radical (unpaired) electrons. The van der Waals surface area contributed by atoms with E-state index in [1.165, 1.54) is 11.1 Å². The maximum Gasteiger partial charge on any atom is 0.231 e. The molecule has 1 amide bonds. The lowest BCUT2D eigenvalue weighted by Crippen LogP contribution is -2.42. The topological polar surface area (TPSA) is 51.0 Å². The molecule has 144 valence electrons. The van der Waals surface area contributed by atoms with Crippen molar-refractivity contribution in [1.29, 1.82) is 0 Å². The zero-order valence-electron chi connectivity index (χ0n) is 16.5. The average Bonchev–Trinajstić information content (AvgIpc) is 3.21. The van der Waals surface area contributed by atoms with Gasteiger partial charge in [-0.25, -0.2) is 4.68 Å². The molecule has 0 saturated heterocycles. The summed E-state index contributed by atoms with van der Waals surface area (Å²) in [6.07, 6.45) is 4.74. The fourth-order valence-corrected chi connectivity index (χ4v) is 3.95. The summed E-state index contributed by atoms with van der Waals surface area (Å²) in [5.41, 5.74) is 3.55. The number of benzene rings is 2. The molecule has 0 N–H and O–H groups in total. The van der Waals surface area contributed by atoms with Gasteiger partial charge >= 0.3 is 0 Å². The van der Waals surface area contributed by atoms with Crippen molar-refractivity contribution >= 4 is 11.9 Å². The lowest BCUT2D eigenvalue weighted by atomic mass is 9.91. The molecule has 0 fully saturated rings. The summed E-state index contributed by atoms with van der Waals surface area (Å²) in [5.74, 6) is 0.764. The standard InChI is InChI=1S/C23H26N4O/c1-3-4-10-22(28)26-20(19-13-11-17(2)12-14-19)15-21(18-8-6-5-7-9-18)27-23(26)24-16-25-27/h5-9,11-14,16,20-21H,3-4,10,15H2,1-2H3. The maximum atomic E-state index is 13.2. The molecular weight excluding hydrogens is 348 g/mol. The van der Waals surface area contributed by atoms with Crippen LogP contribution in [0.4, 0.5) is 5.95 Å². The second-order valence-corrected chi connectivity index (χ2v) is 7.46. The molecule has 4 rings (SSSR count). The van der Waals surface area contributed by atoms with Gasteiger partial charge < -0.3 is 0 Å². The van der Waals surface area contributed by atoms with Crippen LogP contribution in [0.15, 0.2) is 60.9 Å². The smallest absolute Gasteiger partial charge is 0.231 e. The Morgan fingerprint density at radius 3 is 2.46 bits per heavy atom. The molecule has 28 heavy (non-hydrogen) atoms. The summed E-state index contributed by atoms with van der Waals surface area (Å²) in [7, 11) is 0. The van der Waals surface area contributed by atoms with Crippen LogP contribution in [0.1, 0.15) is 61.4 Å². The highest BCUT2D eigenvalue weighted by Gasteiger charge is 2.38. The van der Waals surface area contributed by atoms with E-state index < -0.39 is 0 Å². The van der Waals surface area contributed by atoms with E-state index in [0.29, 0.717) is 12.4 Å². The number of aryl methyl sites for hydroxylation is 1. The number of aromatic nitrogens is 3. The van der Waals surface area contributed by atoms with Gasteiger partial charge in [0.05, 0.1) is 12.1 Å². The Balaban J connectivity index is 1.79. The fourth-order valence-electron chi connectivity index (χ4n) is 3.95. The third-order valence-electron chi connectivity index (χ3n) is 5.48. The lowest BCUT2D eigenvalue weighted by Gasteiger charge is -2.39. The average molecular weight is 374 g/mol. The van der Waals surface area contributed by atoms with Gasteiger partial charge in [-0.1, -0.05) is 73.5 Å². The summed E-state index contributed by atoms with van der Waals surface area (Å²) < 4.78 is 1.91. The van der Waals surface area contributed by atoms with Gasteiger partial charge in [0, 0.05) is 6.42 Å². The zero-order valence-corrected chi connectivity index (χ0v) is 16.5. The monoisotopic (exact) mass is 374 g/mol. The van der Waals surface area contributed by atoms with E-state index in [-0.39, 0.29) is 18.0 Å². The van der Waals surface area contributed by atoms with Crippen LogP contribution in [-0.4, -0.2) is 20.7 Å². The SMILES string of the molecule is CCCCC(=O)N1c2ncnn2C(c2ccccc2)CC1c1ccc(C)cc1. The largest absolute Gasteiger partial charge is 0.274 e. The number of carbonyl (C=O) groups is 1. The minimum Gasteiger partial charge on any atom is -0.274 e. The van der Waals surface area contributed by atoms with Crippen molar-refractivity contribution in [3.8, 4) is 0 Å². The summed E-state index contributed by atoms with van der Waals surface area (Å²) >= 11 is 0. The molecule has 5 heteroatoms. The molecule has 2 aromatic carbocycles. The first-order valence-corrected chi connectivity index (χ1v) is 10.0. The van der Waals surface area contributed by atoms with Gasteiger partial charge in [-0.2, -0.15) is 10.1 Å². The molecule has 2 atom stereocenters. The van der Waals surface area contributed by atoms with Crippen molar-refractivity contribution in [2.75, 3.05) is 4.90 Å². The molecule has 1 aliphatic rings. The zero-order chi connectivity index (χ0) is 19.5.